The Morgan fingerprint density at radius 2 is 2.16 bits per heavy atom. The van der Waals surface area contributed by atoms with Gasteiger partial charge in [0.15, 0.2) is 0 Å². The second kappa shape index (κ2) is 7.58. The fourth-order valence-electron chi connectivity index (χ4n) is 3.46. The van der Waals surface area contributed by atoms with Gasteiger partial charge in [-0.1, -0.05) is 6.92 Å². The van der Waals surface area contributed by atoms with Crippen LogP contribution in [0.25, 0.3) is 0 Å². The van der Waals surface area contributed by atoms with E-state index in [-0.39, 0.29) is 12.0 Å². The molecule has 2 heterocycles. The maximum absolute atomic E-state index is 12.6. The van der Waals surface area contributed by atoms with E-state index in [9.17, 15) is 9.59 Å². The fourth-order valence-corrected chi connectivity index (χ4v) is 3.46. The minimum Gasteiger partial charge on any atom is -0.465 e. The zero-order valence-electron chi connectivity index (χ0n) is 15.2. The summed E-state index contributed by atoms with van der Waals surface area (Å²) in [6.45, 7) is 6.72. The van der Waals surface area contributed by atoms with Gasteiger partial charge in [-0.05, 0) is 31.7 Å². The van der Waals surface area contributed by atoms with E-state index in [4.69, 9.17) is 9.47 Å². The van der Waals surface area contributed by atoms with Crippen molar-refractivity contribution in [2.45, 2.75) is 45.3 Å². The normalized spacial score (nSPS) is 21.2. The third-order valence-electron chi connectivity index (χ3n) is 5.02. The molecule has 0 spiro atoms. The molecule has 1 aromatic rings. The van der Waals surface area contributed by atoms with E-state index in [1.54, 1.807) is 6.92 Å². The van der Waals surface area contributed by atoms with Gasteiger partial charge < -0.3 is 19.8 Å². The molecule has 1 saturated carbocycles. The average Bonchev–Trinajstić information content (AvgIpc) is 3.42. The van der Waals surface area contributed by atoms with Gasteiger partial charge in [0.25, 0.3) is 5.91 Å². The molecule has 3 rings (SSSR count). The first-order valence-corrected chi connectivity index (χ1v) is 8.98. The summed E-state index contributed by atoms with van der Waals surface area (Å²) >= 11 is 0. The lowest BCUT2D eigenvalue weighted by atomic mass is 10.1. The number of esters is 1. The zero-order valence-corrected chi connectivity index (χ0v) is 15.2. The molecule has 0 radical (unpaired) electrons. The first-order valence-electron chi connectivity index (χ1n) is 8.98. The van der Waals surface area contributed by atoms with Crippen LogP contribution in [0.3, 0.4) is 0 Å². The number of amides is 1. The summed E-state index contributed by atoms with van der Waals surface area (Å²) in [5.41, 5.74) is 2.24. The summed E-state index contributed by atoms with van der Waals surface area (Å²) in [6, 6.07) is 0.711. The Kier molecular flexibility index (Phi) is 5.44. The smallest absolute Gasteiger partial charge is 0.339 e. The zero-order chi connectivity index (χ0) is 18.0. The van der Waals surface area contributed by atoms with Crippen molar-refractivity contribution in [2.24, 2.45) is 0 Å². The third-order valence-corrected chi connectivity index (χ3v) is 5.02. The molecule has 1 unspecified atom stereocenters. The van der Waals surface area contributed by atoms with Crippen molar-refractivity contribution >= 4 is 11.9 Å². The summed E-state index contributed by atoms with van der Waals surface area (Å²) in [7, 11) is 1.35. The minimum atomic E-state index is -0.416. The number of hydrogen-bond acceptors (Lipinski definition) is 5. The van der Waals surface area contributed by atoms with E-state index in [0.717, 1.165) is 18.8 Å². The van der Waals surface area contributed by atoms with Crippen LogP contribution >= 0.6 is 0 Å². The summed E-state index contributed by atoms with van der Waals surface area (Å²) in [5, 5.41) is 2.94. The molecule has 7 nitrogen and oxygen atoms in total. The second-order valence-corrected chi connectivity index (χ2v) is 6.75. The quantitative estimate of drug-likeness (QED) is 0.756. The fraction of sp³-hybridized carbons (Fsp3) is 0.667. The lowest BCUT2D eigenvalue weighted by molar-refractivity contribution is -0.0293. The van der Waals surface area contributed by atoms with Crippen molar-refractivity contribution in [1.82, 2.24) is 15.2 Å². The van der Waals surface area contributed by atoms with Crippen LogP contribution in [-0.2, 0) is 15.9 Å². The molecule has 7 heteroatoms. The summed E-state index contributed by atoms with van der Waals surface area (Å²) < 4.78 is 10.6. The average molecular weight is 349 g/mol. The Labute approximate surface area is 148 Å². The van der Waals surface area contributed by atoms with Gasteiger partial charge in [-0.2, -0.15) is 0 Å². The van der Waals surface area contributed by atoms with Gasteiger partial charge in [0.05, 0.1) is 25.4 Å². The first kappa shape index (κ1) is 17.9. The Hall–Kier alpha value is -1.86. The van der Waals surface area contributed by atoms with Crippen molar-refractivity contribution in [3.8, 4) is 0 Å². The van der Waals surface area contributed by atoms with Crippen LogP contribution in [0.4, 0.5) is 0 Å². The highest BCUT2D eigenvalue weighted by Crippen LogP contribution is 2.28. The number of morpholine rings is 1. The van der Waals surface area contributed by atoms with Crippen molar-refractivity contribution in [3.63, 3.8) is 0 Å². The predicted octanol–water partition coefficient (Wildman–Crippen LogP) is 1.27. The van der Waals surface area contributed by atoms with Gasteiger partial charge in [-0.15, -0.1) is 0 Å². The second-order valence-electron chi connectivity index (χ2n) is 6.75. The van der Waals surface area contributed by atoms with Gasteiger partial charge >= 0.3 is 5.97 Å². The van der Waals surface area contributed by atoms with Gasteiger partial charge in [0, 0.05) is 31.4 Å². The SMILES string of the molecule is CCc1[nH]c(C(=O)NCC2CN(C3CC3)CCO2)c(C)c1C(=O)OC. The summed E-state index contributed by atoms with van der Waals surface area (Å²) in [5.74, 6) is -0.630. The van der Waals surface area contributed by atoms with E-state index in [1.165, 1.54) is 20.0 Å². The molecule has 2 aliphatic rings. The van der Waals surface area contributed by atoms with E-state index in [2.05, 4.69) is 15.2 Å². The van der Waals surface area contributed by atoms with Crippen LogP contribution < -0.4 is 5.32 Å². The number of nitrogens with one attached hydrogen (secondary N) is 2. The van der Waals surface area contributed by atoms with Crippen molar-refractivity contribution < 1.29 is 19.1 Å². The highest BCUT2D eigenvalue weighted by molar-refractivity contribution is 6.00. The van der Waals surface area contributed by atoms with Crippen LogP contribution in [0.15, 0.2) is 0 Å². The molecule has 2 fully saturated rings. The van der Waals surface area contributed by atoms with E-state index >= 15 is 0 Å². The van der Waals surface area contributed by atoms with Gasteiger partial charge in [0.1, 0.15) is 5.69 Å². The molecule has 0 bridgehead atoms. The molecule has 1 aliphatic heterocycles. The molecule has 1 atom stereocenters. The lowest BCUT2D eigenvalue weighted by Gasteiger charge is -2.33. The number of rotatable bonds is 6. The first-order chi connectivity index (χ1) is 12.0. The standard InChI is InChI=1S/C18H27N3O4/c1-4-14-15(18(23)24-3)11(2)16(20-14)17(22)19-9-13-10-21(7-8-25-13)12-5-6-12/h12-13,20H,4-10H2,1-3H3,(H,19,22). The molecular formula is C18H27N3O4. The largest absolute Gasteiger partial charge is 0.465 e. The van der Waals surface area contributed by atoms with Crippen molar-refractivity contribution in [3.05, 3.63) is 22.5 Å². The summed E-state index contributed by atoms with van der Waals surface area (Å²) in [6.07, 6.45) is 3.19. The Morgan fingerprint density at radius 1 is 1.40 bits per heavy atom. The molecule has 1 saturated heterocycles. The number of methoxy groups -OCH3 is 1. The molecule has 25 heavy (non-hydrogen) atoms. The van der Waals surface area contributed by atoms with Crippen molar-refractivity contribution in [2.75, 3.05) is 33.4 Å². The molecule has 138 valence electrons. The monoisotopic (exact) mass is 349 g/mol. The molecule has 1 amide bonds. The van der Waals surface area contributed by atoms with Gasteiger partial charge in [0.2, 0.25) is 0 Å². The van der Waals surface area contributed by atoms with E-state index in [0.29, 0.717) is 42.4 Å². The topological polar surface area (TPSA) is 83.7 Å². The molecule has 1 aliphatic carbocycles. The maximum Gasteiger partial charge on any atom is 0.339 e. The molecule has 0 aromatic carbocycles. The van der Waals surface area contributed by atoms with E-state index in [1.807, 2.05) is 6.92 Å². The number of carbonyl (C=O) groups excluding carboxylic acids is 2. The highest BCUT2D eigenvalue weighted by Gasteiger charge is 2.33. The number of aromatic amines is 1. The minimum absolute atomic E-state index is 0.0132. The van der Waals surface area contributed by atoms with Crippen LogP contribution in [0.5, 0.6) is 0 Å². The van der Waals surface area contributed by atoms with Crippen LogP contribution in [-0.4, -0.2) is 67.3 Å². The number of nitrogens with zero attached hydrogens (tertiary/aromatic N) is 1. The third kappa shape index (κ3) is 3.88. The number of ether oxygens (including phenoxy) is 2. The van der Waals surface area contributed by atoms with Crippen LogP contribution in [0, 0.1) is 6.92 Å². The summed E-state index contributed by atoms with van der Waals surface area (Å²) in [4.78, 5) is 30.1. The Morgan fingerprint density at radius 3 is 2.80 bits per heavy atom. The molecular weight excluding hydrogens is 322 g/mol. The maximum atomic E-state index is 12.6. The van der Waals surface area contributed by atoms with Crippen LogP contribution in [0.2, 0.25) is 0 Å². The predicted molar refractivity (Wildman–Crippen MR) is 92.9 cm³/mol. The highest BCUT2D eigenvalue weighted by atomic mass is 16.5. The number of aromatic nitrogens is 1. The lowest BCUT2D eigenvalue weighted by Crippen LogP contribution is -2.48. The number of carbonyl (C=O) groups is 2. The van der Waals surface area contributed by atoms with Gasteiger partial charge in [-0.3, -0.25) is 9.69 Å². The molecule has 1 aromatic heterocycles. The Bertz CT molecular complexity index is 651. The van der Waals surface area contributed by atoms with E-state index < -0.39 is 5.97 Å². The number of H-pyrrole nitrogens is 1. The Balaban J connectivity index is 1.63. The number of hydrogen-bond donors (Lipinski definition) is 2. The number of aryl methyl sites for hydroxylation is 1. The van der Waals surface area contributed by atoms with Crippen LogP contribution in [0.1, 0.15) is 51.9 Å². The molecule has 2 N–H and O–H groups in total. The van der Waals surface area contributed by atoms with Crippen molar-refractivity contribution in [1.29, 1.82) is 0 Å². The van der Waals surface area contributed by atoms with Gasteiger partial charge in [-0.25, -0.2) is 4.79 Å².